The molecule has 3 rings (SSSR count). The van der Waals surface area contributed by atoms with Gasteiger partial charge in [-0.25, -0.2) is 0 Å². The molecule has 126 valence electrons. The van der Waals surface area contributed by atoms with E-state index in [9.17, 15) is 4.79 Å². The first-order chi connectivity index (χ1) is 11.7. The van der Waals surface area contributed by atoms with Crippen molar-refractivity contribution in [2.45, 2.75) is 38.6 Å². The lowest BCUT2D eigenvalue weighted by Gasteiger charge is -2.26. The zero-order chi connectivity index (χ0) is 16.8. The van der Waals surface area contributed by atoms with Crippen LogP contribution in [0.15, 0.2) is 54.6 Å². The Balaban J connectivity index is 1.62. The number of quaternary nitrogens is 1. The number of hydrogen-bond donors (Lipinski definition) is 2. The molecule has 0 aliphatic heterocycles. The maximum absolute atomic E-state index is 12.4. The molecule has 2 atom stereocenters. The van der Waals surface area contributed by atoms with Gasteiger partial charge >= 0.3 is 0 Å². The topological polar surface area (TPSA) is 45.7 Å². The van der Waals surface area contributed by atoms with Crippen molar-refractivity contribution in [3.8, 4) is 11.1 Å². The fraction of sp³-hybridized carbons (Fsp3) is 0.381. The fourth-order valence-electron chi connectivity index (χ4n) is 3.62. The minimum absolute atomic E-state index is 0.0798. The van der Waals surface area contributed by atoms with Gasteiger partial charge in [0.1, 0.15) is 0 Å². The van der Waals surface area contributed by atoms with Gasteiger partial charge in [-0.1, -0.05) is 61.9 Å². The van der Waals surface area contributed by atoms with Crippen molar-refractivity contribution in [1.82, 2.24) is 0 Å². The summed E-state index contributed by atoms with van der Waals surface area (Å²) >= 11 is 0. The Hall–Kier alpha value is -2.13. The van der Waals surface area contributed by atoms with Crippen LogP contribution in [-0.2, 0) is 4.79 Å². The Morgan fingerprint density at radius 2 is 1.75 bits per heavy atom. The molecule has 3 nitrogen and oxygen atoms in total. The van der Waals surface area contributed by atoms with E-state index >= 15 is 0 Å². The van der Waals surface area contributed by atoms with Gasteiger partial charge in [0.25, 0.3) is 5.91 Å². The van der Waals surface area contributed by atoms with E-state index in [0.29, 0.717) is 18.5 Å². The number of nitrogens with one attached hydrogen (secondary N) is 1. The summed E-state index contributed by atoms with van der Waals surface area (Å²) < 4.78 is 0. The van der Waals surface area contributed by atoms with E-state index in [-0.39, 0.29) is 5.91 Å². The number of carbonyl (C=O) groups is 1. The SMILES string of the molecule is C[C@@H]1CCCC[C@@H]1[NH2+]CC(=O)Nc1ccccc1-c1ccccc1. The van der Waals surface area contributed by atoms with Crippen LogP contribution in [0.3, 0.4) is 0 Å². The Morgan fingerprint density at radius 1 is 1.04 bits per heavy atom. The van der Waals surface area contributed by atoms with Crippen LogP contribution in [0.1, 0.15) is 32.6 Å². The molecule has 0 aromatic heterocycles. The number of amides is 1. The zero-order valence-corrected chi connectivity index (χ0v) is 14.4. The Kier molecular flexibility index (Phi) is 5.65. The zero-order valence-electron chi connectivity index (χ0n) is 14.4. The van der Waals surface area contributed by atoms with Crippen molar-refractivity contribution in [2.75, 3.05) is 11.9 Å². The largest absolute Gasteiger partial charge is 0.336 e. The minimum atomic E-state index is 0.0798. The van der Waals surface area contributed by atoms with Gasteiger partial charge in [0.15, 0.2) is 6.54 Å². The van der Waals surface area contributed by atoms with E-state index in [2.05, 4.69) is 35.8 Å². The Labute approximate surface area is 144 Å². The molecule has 0 unspecified atom stereocenters. The van der Waals surface area contributed by atoms with Gasteiger partial charge in [0.2, 0.25) is 0 Å². The number of hydrogen-bond acceptors (Lipinski definition) is 1. The van der Waals surface area contributed by atoms with Crippen molar-refractivity contribution in [3.63, 3.8) is 0 Å². The number of carbonyl (C=O) groups excluding carboxylic acids is 1. The van der Waals surface area contributed by atoms with E-state index in [1.165, 1.54) is 25.7 Å². The summed E-state index contributed by atoms with van der Waals surface area (Å²) in [5, 5.41) is 5.32. The molecule has 24 heavy (non-hydrogen) atoms. The van der Waals surface area contributed by atoms with E-state index in [4.69, 9.17) is 0 Å². The molecule has 0 bridgehead atoms. The number of anilines is 1. The summed E-state index contributed by atoms with van der Waals surface area (Å²) in [5.41, 5.74) is 3.08. The predicted molar refractivity (Wildman–Crippen MR) is 98.7 cm³/mol. The second-order valence-corrected chi connectivity index (χ2v) is 6.83. The lowest BCUT2D eigenvalue weighted by atomic mass is 9.86. The maximum atomic E-state index is 12.4. The summed E-state index contributed by atoms with van der Waals surface area (Å²) in [6.45, 7) is 2.81. The van der Waals surface area contributed by atoms with Crippen molar-refractivity contribution < 1.29 is 10.1 Å². The molecule has 1 amide bonds. The molecule has 1 aliphatic rings. The first-order valence-corrected chi connectivity index (χ1v) is 9.01. The summed E-state index contributed by atoms with van der Waals surface area (Å²) in [6.07, 6.45) is 5.15. The monoisotopic (exact) mass is 323 g/mol. The number of benzene rings is 2. The third kappa shape index (κ3) is 4.24. The highest BCUT2D eigenvalue weighted by Crippen LogP contribution is 2.27. The van der Waals surface area contributed by atoms with Crippen LogP contribution in [0.5, 0.6) is 0 Å². The molecular weight excluding hydrogens is 296 g/mol. The molecule has 0 heterocycles. The average molecular weight is 323 g/mol. The lowest BCUT2D eigenvalue weighted by Crippen LogP contribution is -2.93. The highest BCUT2D eigenvalue weighted by Gasteiger charge is 2.24. The van der Waals surface area contributed by atoms with Gasteiger partial charge in [-0.15, -0.1) is 0 Å². The maximum Gasteiger partial charge on any atom is 0.279 e. The van der Waals surface area contributed by atoms with Crippen molar-refractivity contribution in [2.24, 2.45) is 5.92 Å². The third-order valence-corrected chi connectivity index (χ3v) is 5.07. The molecule has 2 aromatic carbocycles. The number of rotatable bonds is 5. The average Bonchev–Trinajstić information content (AvgIpc) is 2.62. The van der Waals surface area contributed by atoms with E-state index in [1.807, 2.05) is 36.4 Å². The molecule has 1 aliphatic carbocycles. The van der Waals surface area contributed by atoms with Gasteiger partial charge in [0.05, 0.1) is 6.04 Å². The smallest absolute Gasteiger partial charge is 0.279 e. The Morgan fingerprint density at radius 3 is 2.54 bits per heavy atom. The second kappa shape index (κ2) is 8.11. The highest BCUT2D eigenvalue weighted by atomic mass is 16.1. The van der Waals surface area contributed by atoms with Crippen LogP contribution in [-0.4, -0.2) is 18.5 Å². The van der Waals surface area contributed by atoms with Crippen LogP contribution >= 0.6 is 0 Å². The van der Waals surface area contributed by atoms with Gasteiger partial charge in [-0.2, -0.15) is 0 Å². The van der Waals surface area contributed by atoms with E-state index in [1.54, 1.807) is 0 Å². The summed E-state index contributed by atoms with van der Waals surface area (Å²) in [7, 11) is 0. The predicted octanol–water partition coefficient (Wildman–Crippen LogP) is 3.43. The Bertz CT molecular complexity index is 669. The first kappa shape index (κ1) is 16.7. The molecule has 1 saturated carbocycles. The molecule has 3 N–H and O–H groups in total. The second-order valence-electron chi connectivity index (χ2n) is 6.83. The molecule has 0 saturated heterocycles. The summed E-state index contributed by atoms with van der Waals surface area (Å²) in [5.74, 6) is 0.791. The molecule has 0 spiro atoms. The molecule has 2 aromatic rings. The number of para-hydroxylation sites is 1. The quantitative estimate of drug-likeness (QED) is 0.870. The summed E-state index contributed by atoms with van der Waals surface area (Å²) in [6, 6.07) is 18.8. The highest BCUT2D eigenvalue weighted by molar-refractivity contribution is 5.95. The van der Waals surface area contributed by atoms with Crippen LogP contribution in [0.2, 0.25) is 0 Å². The van der Waals surface area contributed by atoms with Crippen molar-refractivity contribution in [1.29, 1.82) is 0 Å². The van der Waals surface area contributed by atoms with Crippen LogP contribution < -0.4 is 10.6 Å². The minimum Gasteiger partial charge on any atom is -0.336 e. The van der Waals surface area contributed by atoms with E-state index < -0.39 is 0 Å². The van der Waals surface area contributed by atoms with Crippen molar-refractivity contribution in [3.05, 3.63) is 54.6 Å². The standard InChI is InChI=1S/C21H26N2O/c1-16-9-5-7-13-19(16)22-15-21(24)23-20-14-8-6-12-18(20)17-10-3-2-4-11-17/h2-4,6,8,10-12,14,16,19,22H,5,7,9,13,15H2,1H3,(H,23,24)/p+1/t16-,19+/m1/s1. The van der Waals surface area contributed by atoms with Crippen molar-refractivity contribution >= 4 is 11.6 Å². The lowest BCUT2D eigenvalue weighted by molar-refractivity contribution is -0.687. The van der Waals surface area contributed by atoms with Gasteiger partial charge in [0, 0.05) is 17.2 Å². The van der Waals surface area contributed by atoms with Crippen LogP contribution in [0.25, 0.3) is 11.1 Å². The van der Waals surface area contributed by atoms with Gasteiger partial charge < -0.3 is 10.6 Å². The third-order valence-electron chi connectivity index (χ3n) is 5.07. The van der Waals surface area contributed by atoms with Crippen LogP contribution in [0, 0.1) is 5.92 Å². The van der Waals surface area contributed by atoms with Gasteiger partial charge in [-0.3, -0.25) is 4.79 Å². The molecule has 0 radical (unpaired) electrons. The van der Waals surface area contributed by atoms with E-state index in [0.717, 1.165) is 16.8 Å². The number of nitrogens with two attached hydrogens (primary N) is 1. The molecule has 1 fully saturated rings. The fourth-order valence-corrected chi connectivity index (χ4v) is 3.62. The summed E-state index contributed by atoms with van der Waals surface area (Å²) in [4.78, 5) is 12.4. The first-order valence-electron chi connectivity index (χ1n) is 9.01. The normalized spacial score (nSPS) is 20.5. The molecule has 3 heteroatoms. The molecular formula is C21H27N2O+. The van der Waals surface area contributed by atoms with Gasteiger partial charge in [-0.05, 0) is 30.9 Å². The van der Waals surface area contributed by atoms with Crippen LogP contribution in [0.4, 0.5) is 5.69 Å².